The van der Waals surface area contributed by atoms with Gasteiger partial charge in [-0.25, -0.2) is 4.79 Å². The minimum absolute atomic E-state index is 0.0981. The number of hydrogen-bond acceptors (Lipinski definition) is 2. The van der Waals surface area contributed by atoms with Gasteiger partial charge in [-0.05, 0) is 51.4 Å². The van der Waals surface area contributed by atoms with Crippen molar-refractivity contribution in [2.75, 3.05) is 0 Å². The second-order valence-corrected chi connectivity index (χ2v) is 5.87. The first-order chi connectivity index (χ1) is 8.75. The Morgan fingerprint density at radius 1 is 1.11 bits per heavy atom. The van der Waals surface area contributed by atoms with E-state index in [0.29, 0.717) is 6.04 Å². The maximum Gasteiger partial charge on any atom is 0.326 e. The highest BCUT2D eigenvalue weighted by Gasteiger charge is 2.26. The Kier molecular flexibility index (Phi) is 3.29. The van der Waals surface area contributed by atoms with E-state index in [1.807, 2.05) is 4.57 Å². The molecule has 0 radical (unpaired) electrons. The summed E-state index contributed by atoms with van der Waals surface area (Å²) < 4.78 is 2.04. The summed E-state index contributed by atoms with van der Waals surface area (Å²) in [5.74, 6) is 0. The smallest absolute Gasteiger partial charge is 0.326 e. The molecule has 4 nitrogen and oxygen atoms in total. The number of nitrogens with one attached hydrogen (secondary N) is 1. The number of aryl methyl sites for hydroxylation is 1. The van der Waals surface area contributed by atoms with Crippen molar-refractivity contribution in [3.63, 3.8) is 0 Å². The van der Waals surface area contributed by atoms with Gasteiger partial charge in [0.05, 0.1) is 0 Å². The normalized spacial score (nSPS) is 28.7. The number of aromatic amines is 1. The molecule has 1 saturated carbocycles. The molecule has 3 N–H and O–H groups in total. The molecule has 1 aromatic heterocycles. The van der Waals surface area contributed by atoms with Crippen molar-refractivity contribution in [2.45, 2.75) is 69.9 Å². The molecule has 0 saturated heterocycles. The fraction of sp³-hybridized carbons (Fsp3) is 0.786. The third kappa shape index (κ3) is 2.14. The average Bonchev–Trinajstić information content (AvgIpc) is 2.51. The summed E-state index contributed by atoms with van der Waals surface area (Å²) in [6.07, 6.45) is 10.1. The first-order valence-electron chi connectivity index (χ1n) is 7.33. The molecule has 0 aromatic carbocycles. The standard InChI is InChI=1S/C14H23N3O/c15-10-5-4-6-11(9-10)17-13-8-3-1-2-7-12(13)16-14(17)18/h10-11H,1-9,15H2,(H,16,18). The number of H-pyrrole nitrogens is 1. The van der Waals surface area contributed by atoms with Crippen LogP contribution in [0.1, 0.15) is 62.4 Å². The maximum absolute atomic E-state index is 12.2. The summed E-state index contributed by atoms with van der Waals surface area (Å²) in [6.45, 7) is 0. The van der Waals surface area contributed by atoms with Crippen LogP contribution in [-0.2, 0) is 12.8 Å². The van der Waals surface area contributed by atoms with E-state index in [9.17, 15) is 4.79 Å². The van der Waals surface area contributed by atoms with Crippen LogP contribution in [0.3, 0.4) is 0 Å². The number of aromatic nitrogens is 2. The average molecular weight is 249 g/mol. The molecule has 2 atom stereocenters. The molecular formula is C14H23N3O. The summed E-state index contributed by atoms with van der Waals surface area (Å²) in [5, 5.41) is 0. The summed E-state index contributed by atoms with van der Waals surface area (Å²) in [6, 6.07) is 0.603. The Balaban J connectivity index is 1.95. The van der Waals surface area contributed by atoms with Gasteiger partial charge in [-0.15, -0.1) is 0 Å². The molecule has 100 valence electrons. The van der Waals surface area contributed by atoms with Gasteiger partial charge in [0.2, 0.25) is 0 Å². The van der Waals surface area contributed by atoms with Gasteiger partial charge in [0, 0.05) is 23.5 Å². The predicted octanol–water partition coefficient (Wildman–Crippen LogP) is 1.89. The molecule has 1 heterocycles. The topological polar surface area (TPSA) is 63.8 Å². The highest BCUT2D eigenvalue weighted by Crippen LogP contribution is 2.29. The van der Waals surface area contributed by atoms with Crippen molar-refractivity contribution in [1.29, 1.82) is 0 Å². The lowest BCUT2D eigenvalue weighted by atomic mass is 9.91. The van der Waals surface area contributed by atoms with Crippen LogP contribution < -0.4 is 11.4 Å². The van der Waals surface area contributed by atoms with Crippen LogP contribution in [0.5, 0.6) is 0 Å². The second kappa shape index (κ2) is 4.92. The summed E-state index contributed by atoms with van der Waals surface area (Å²) in [7, 11) is 0. The van der Waals surface area contributed by atoms with E-state index in [4.69, 9.17) is 5.73 Å². The minimum atomic E-state index is 0.0981. The molecule has 0 aliphatic heterocycles. The number of imidazole rings is 1. The Bertz CT molecular complexity index is 474. The van der Waals surface area contributed by atoms with Crippen LogP contribution in [-0.4, -0.2) is 15.6 Å². The van der Waals surface area contributed by atoms with Crippen molar-refractivity contribution in [3.8, 4) is 0 Å². The lowest BCUT2D eigenvalue weighted by Gasteiger charge is -2.28. The number of hydrogen-bond donors (Lipinski definition) is 2. The molecule has 2 aliphatic rings. The van der Waals surface area contributed by atoms with Crippen molar-refractivity contribution in [2.24, 2.45) is 5.73 Å². The van der Waals surface area contributed by atoms with Crippen molar-refractivity contribution >= 4 is 0 Å². The van der Waals surface area contributed by atoms with Gasteiger partial charge in [0.15, 0.2) is 0 Å². The van der Waals surface area contributed by atoms with Crippen LogP contribution in [0.25, 0.3) is 0 Å². The van der Waals surface area contributed by atoms with E-state index < -0.39 is 0 Å². The van der Waals surface area contributed by atoms with Crippen molar-refractivity contribution in [1.82, 2.24) is 9.55 Å². The van der Waals surface area contributed by atoms with Gasteiger partial charge in [0.1, 0.15) is 0 Å². The van der Waals surface area contributed by atoms with E-state index in [-0.39, 0.29) is 11.7 Å². The fourth-order valence-electron chi connectivity index (χ4n) is 3.60. The van der Waals surface area contributed by atoms with Gasteiger partial charge in [0.25, 0.3) is 0 Å². The maximum atomic E-state index is 12.2. The van der Waals surface area contributed by atoms with E-state index in [1.54, 1.807) is 0 Å². The highest BCUT2D eigenvalue weighted by molar-refractivity contribution is 5.16. The first-order valence-corrected chi connectivity index (χ1v) is 7.33. The lowest BCUT2D eigenvalue weighted by molar-refractivity contribution is 0.309. The largest absolute Gasteiger partial charge is 0.328 e. The molecule has 4 heteroatoms. The van der Waals surface area contributed by atoms with Crippen molar-refractivity contribution < 1.29 is 0 Å². The minimum Gasteiger partial charge on any atom is -0.328 e. The molecular weight excluding hydrogens is 226 g/mol. The molecule has 0 spiro atoms. The molecule has 1 fully saturated rings. The summed E-state index contributed by atoms with van der Waals surface area (Å²) in [5.41, 5.74) is 8.63. The monoisotopic (exact) mass is 249 g/mol. The predicted molar refractivity (Wildman–Crippen MR) is 71.8 cm³/mol. The molecule has 0 bridgehead atoms. The van der Waals surface area contributed by atoms with Gasteiger partial charge < -0.3 is 10.7 Å². The van der Waals surface area contributed by atoms with E-state index in [1.165, 1.54) is 30.7 Å². The summed E-state index contributed by atoms with van der Waals surface area (Å²) >= 11 is 0. The molecule has 18 heavy (non-hydrogen) atoms. The molecule has 3 rings (SSSR count). The number of fused-ring (bicyclic) bond motifs is 1. The quantitative estimate of drug-likeness (QED) is 0.746. The zero-order chi connectivity index (χ0) is 12.5. The molecule has 2 unspecified atom stereocenters. The van der Waals surface area contributed by atoms with Gasteiger partial charge in [-0.1, -0.05) is 6.42 Å². The zero-order valence-electron chi connectivity index (χ0n) is 11.0. The highest BCUT2D eigenvalue weighted by atomic mass is 16.1. The summed E-state index contributed by atoms with van der Waals surface area (Å²) in [4.78, 5) is 15.3. The molecule has 2 aliphatic carbocycles. The van der Waals surface area contributed by atoms with Gasteiger partial charge >= 0.3 is 5.69 Å². The van der Waals surface area contributed by atoms with Crippen LogP contribution in [0, 0.1) is 0 Å². The van der Waals surface area contributed by atoms with Crippen molar-refractivity contribution in [3.05, 3.63) is 21.9 Å². The van der Waals surface area contributed by atoms with E-state index in [2.05, 4.69) is 4.98 Å². The Morgan fingerprint density at radius 2 is 1.94 bits per heavy atom. The Labute approximate surface area is 108 Å². The second-order valence-electron chi connectivity index (χ2n) is 5.87. The number of nitrogens with zero attached hydrogens (tertiary/aromatic N) is 1. The Hall–Kier alpha value is -1.03. The lowest BCUT2D eigenvalue weighted by Crippen LogP contribution is -2.33. The fourth-order valence-corrected chi connectivity index (χ4v) is 3.60. The molecule has 0 amide bonds. The van der Waals surface area contributed by atoms with Crippen LogP contribution in [0.2, 0.25) is 0 Å². The van der Waals surface area contributed by atoms with Gasteiger partial charge in [-0.3, -0.25) is 4.57 Å². The third-order valence-electron chi connectivity index (χ3n) is 4.51. The number of nitrogens with two attached hydrogens (primary N) is 1. The number of rotatable bonds is 1. The zero-order valence-corrected chi connectivity index (χ0v) is 11.0. The van der Waals surface area contributed by atoms with E-state index >= 15 is 0 Å². The van der Waals surface area contributed by atoms with Crippen LogP contribution >= 0.6 is 0 Å². The van der Waals surface area contributed by atoms with Crippen LogP contribution in [0.4, 0.5) is 0 Å². The Morgan fingerprint density at radius 3 is 2.78 bits per heavy atom. The third-order valence-corrected chi connectivity index (χ3v) is 4.51. The van der Waals surface area contributed by atoms with Gasteiger partial charge in [-0.2, -0.15) is 0 Å². The molecule has 1 aromatic rings. The van der Waals surface area contributed by atoms with E-state index in [0.717, 1.165) is 38.5 Å². The van der Waals surface area contributed by atoms with Crippen LogP contribution in [0.15, 0.2) is 4.79 Å². The first kappa shape index (κ1) is 12.0. The SMILES string of the molecule is NC1CCCC(n2c3c([nH]c2=O)CCCCC3)C1.